The van der Waals surface area contributed by atoms with E-state index in [2.05, 4.69) is 9.32 Å². The molecule has 0 fully saturated rings. The first kappa shape index (κ1) is 13.5. The fourth-order valence-corrected chi connectivity index (χ4v) is 0.891. The van der Waals surface area contributed by atoms with Gasteiger partial charge in [-0.1, -0.05) is 6.92 Å². The van der Waals surface area contributed by atoms with E-state index < -0.39 is 10.3 Å². The molecule has 0 heterocycles. The second-order valence-corrected chi connectivity index (χ2v) is 2.99. The largest absolute Gasteiger partial charge is 1.00 e. The zero-order chi connectivity index (χ0) is 7.49. The Bertz CT molecular complexity index is 172. The Morgan fingerprint density at radius 3 is 2.20 bits per heavy atom. The van der Waals surface area contributed by atoms with Crippen LogP contribution in [-0.4, -0.2) is 14.5 Å². The molecule has 1 unspecified atom stereocenters. The van der Waals surface area contributed by atoms with Crippen LogP contribution in [0.3, 0.4) is 0 Å². The van der Waals surface area contributed by atoms with Crippen LogP contribution in [0.5, 0.6) is 0 Å². The summed E-state index contributed by atoms with van der Waals surface area (Å²) in [6, 6.07) is 0. The number of hydrogen-bond donors (Lipinski definition) is 1. The first-order valence-electron chi connectivity index (χ1n) is 2.66. The summed E-state index contributed by atoms with van der Waals surface area (Å²) in [5.74, 6) is 0. The van der Waals surface area contributed by atoms with Crippen LogP contribution in [0.2, 0.25) is 0 Å². The fourth-order valence-electron chi connectivity index (χ4n) is 0.297. The van der Waals surface area contributed by atoms with E-state index in [1.54, 1.807) is 6.92 Å². The molecule has 0 radical (unpaired) electrons. The van der Waals surface area contributed by atoms with Crippen LogP contribution in [0.15, 0.2) is 0 Å². The second-order valence-electron chi connectivity index (χ2n) is 1.81. The molecule has 0 spiro atoms. The summed E-state index contributed by atoms with van der Waals surface area (Å²) in [5, 5.41) is 4.56. The average Bonchev–Trinajstić information content (AvgIpc) is 1.62. The Labute approximate surface area is 85.2 Å². The van der Waals surface area contributed by atoms with Gasteiger partial charge in [0.2, 0.25) is 0 Å². The van der Waals surface area contributed by atoms with Gasteiger partial charge in [0.05, 0.1) is 6.10 Å². The minimum absolute atomic E-state index is 0. The van der Waals surface area contributed by atoms with Gasteiger partial charge in [-0.25, -0.2) is 5.14 Å². The topological polar surface area (TPSA) is 69.4 Å². The standard InChI is InChI=1S/C4H11NO3S.Na.H/c1-3-4(2)8-9(5,6)7;;/h4H,3H2,1-2H3,(H2,5,6,7);;/q;+1;-1. The van der Waals surface area contributed by atoms with Gasteiger partial charge in [-0.2, -0.15) is 8.42 Å². The quantitative estimate of drug-likeness (QED) is 0.471. The fraction of sp³-hybridized carbons (Fsp3) is 1.00. The molecular weight excluding hydrogens is 165 g/mol. The molecule has 0 saturated heterocycles. The van der Waals surface area contributed by atoms with Gasteiger partial charge < -0.3 is 1.43 Å². The second kappa shape index (κ2) is 5.51. The van der Waals surface area contributed by atoms with Crippen LogP contribution in [0.1, 0.15) is 21.7 Å². The summed E-state index contributed by atoms with van der Waals surface area (Å²) in [5.41, 5.74) is 0. The molecule has 0 rings (SSSR count). The van der Waals surface area contributed by atoms with Gasteiger partial charge in [-0.3, -0.25) is 4.18 Å². The van der Waals surface area contributed by atoms with E-state index in [-0.39, 0.29) is 37.1 Å². The summed E-state index contributed by atoms with van der Waals surface area (Å²) < 4.78 is 24.6. The molecule has 0 aromatic carbocycles. The minimum atomic E-state index is -3.74. The molecule has 58 valence electrons. The molecule has 10 heavy (non-hydrogen) atoms. The minimum Gasteiger partial charge on any atom is -1.00 e. The third-order valence-corrected chi connectivity index (χ3v) is 1.47. The van der Waals surface area contributed by atoms with E-state index in [0.29, 0.717) is 6.42 Å². The smallest absolute Gasteiger partial charge is 1.00 e. The van der Waals surface area contributed by atoms with Gasteiger partial charge in [0.25, 0.3) is 0 Å². The van der Waals surface area contributed by atoms with Crippen molar-refractivity contribution in [3.8, 4) is 0 Å². The van der Waals surface area contributed by atoms with Gasteiger partial charge in [0.15, 0.2) is 0 Å². The van der Waals surface area contributed by atoms with E-state index in [1.807, 2.05) is 6.92 Å². The van der Waals surface area contributed by atoms with Crippen molar-refractivity contribution in [2.75, 3.05) is 0 Å². The molecule has 0 aliphatic rings. The van der Waals surface area contributed by atoms with E-state index in [4.69, 9.17) is 0 Å². The van der Waals surface area contributed by atoms with Crippen molar-refractivity contribution in [3.63, 3.8) is 0 Å². The van der Waals surface area contributed by atoms with Crippen molar-refractivity contribution in [3.05, 3.63) is 0 Å². The van der Waals surface area contributed by atoms with Crippen LogP contribution < -0.4 is 34.7 Å². The van der Waals surface area contributed by atoms with Gasteiger partial charge in [0.1, 0.15) is 0 Å². The van der Waals surface area contributed by atoms with Gasteiger partial charge in [-0.15, -0.1) is 0 Å². The summed E-state index contributed by atoms with van der Waals surface area (Å²) in [7, 11) is -3.74. The van der Waals surface area contributed by atoms with Crippen molar-refractivity contribution in [1.29, 1.82) is 0 Å². The third-order valence-electron chi connectivity index (χ3n) is 0.873. The molecule has 0 aliphatic heterocycles. The van der Waals surface area contributed by atoms with Gasteiger partial charge in [-0.05, 0) is 13.3 Å². The van der Waals surface area contributed by atoms with Crippen molar-refractivity contribution >= 4 is 10.3 Å². The summed E-state index contributed by atoms with van der Waals surface area (Å²) in [6.45, 7) is 3.46. The average molecular weight is 177 g/mol. The SMILES string of the molecule is CCC(C)OS(N)(=O)=O.[H-].[Na+]. The summed E-state index contributed by atoms with van der Waals surface area (Å²) >= 11 is 0. The summed E-state index contributed by atoms with van der Waals surface area (Å²) in [6.07, 6.45) is 0.316. The molecule has 0 aliphatic carbocycles. The van der Waals surface area contributed by atoms with Crippen LogP contribution in [0, 0.1) is 0 Å². The molecule has 0 bridgehead atoms. The third kappa shape index (κ3) is 8.87. The predicted molar refractivity (Wildman–Crippen MR) is 35.1 cm³/mol. The Balaban J connectivity index is -0.000000320. The van der Waals surface area contributed by atoms with Crippen LogP contribution in [-0.2, 0) is 14.5 Å². The van der Waals surface area contributed by atoms with Gasteiger partial charge in [0, 0.05) is 0 Å². The first-order chi connectivity index (χ1) is 3.95. The zero-order valence-electron chi connectivity index (χ0n) is 7.49. The normalized spacial score (nSPS) is 13.9. The maximum Gasteiger partial charge on any atom is 1.00 e. The molecule has 2 N–H and O–H groups in total. The molecule has 0 aromatic heterocycles. The van der Waals surface area contributed by atoms with Crippen LogP contribution in [0.4, 0.5) is 0 Å². The van der Waals surface area contributed by atoms with Crippen LogP contribution >= 0.6 is 0 Å². The number of hydrogen-bond acceptors (Lipinski definition) is 3. The van der Waals surface area contributed by atoms with Gasteiger partial charge >= 0.3 is 39.9 Å². The van der Waals surface area contributed by atoms with Crippen molar-refractivity contribution < 1.29 is 43.6 Å². The Hall–Kier alpha value is 0.870. The Morgan fingerprint density at radius 2 is 2.10 bits per heavy atom. The van der Waals surface area contributed by atoms with Crippen molar-refractivity contribution in [2.24, 2.45) is 5.14 Å². The molecule has 4 nitrogen and oxygen atoms in total. The first-order valence-corrected chi connectivity index (χ1v) is 4.14. The molecule has 6 heteroatoms. The molecule has 0 amide bonds. The Morgan fingerprint density at radius 1 is 1.70 bits per heavy atom. The maximum atomic E-state index is 10.2. The summed E-state index contributed by atoms with van der Waals surface area (Å²) in [4.78, 5) is 0. The van der Waals surface area contributed by atoms with E-state index in [0.717, 1.165) is 0 Å². The molecule has 1 atom stereocenters. The molecule has 0 aromatic rings. The molecular formula is C4H12NNaO3S. The monoisotopic (exact) mass is 177 g/mol. The van der Waals surface area contributed by atoms with Crippen molar-refractivity contribution in [2.45, 2.75) is 26.4 Å². The zero-order valence-corrected chi connectivity index (χ0v) is 9.31. The van der Waals surface area contributed by atoms with Crippen molar-refractivity contribution in [1.82, 2.24) is 0 Å². The Kier molecular flexibility index (Phi) is 7.42. The maximum absolute atomic E-state index is 10.2. The number of nitrogens with two attached hydrogens (primary N) is 1. The number of rotatable bonds is 3. The van der Waals surface area contributed by atoms with Crippen LogP contribution in [0.25, 0.3) is 0 Å². The molecule has 0 saturated carbocycles. The van der Waals surface area contributed by atoms with E-state index in [9.17, 15) is 8.42 Å². The van der Waals surface area contributed by atoms with E-state index >= 15 is 0 Å². The van der Waals surface area contributed by atoms with E-state index in [1.165, 1.54) is 0 Å². The predicted octanol–water partition coefficient (Wildman–Crippen LogP) is -2.88.